The fraction of sp³-hybridized carbons (Fsp3) is 0.471. The summed E-state index contributed by atoms with van der Waals surface area (Å²) in [6, 6.07) is 1.78. The Morgan fingerprint density at radius 3 is 2.92 bits per heavy atom. The van der Waals surface area contributed by atoms with Crippen molar-refractivity contribution in [1.29, 1.82) is 0 Å². The van der Waals surface area contributed by atoms with E-state index in [1.165, 1.54) is 6.33 Å². The average Bonchev–Trinajstić information content (AvgIpc) is 3.18. The van der Waals surface area contributed by atoms with Crippen LogP contribution in [0.3, 0.4) is 0 Å². The molecule has 1 aliphatic heterocycles. The maximum Gasteiger partial charge on any atom is 0.226 e. The lowest BCUT2D eigenvalue weighted by atomic mass is 10.1. The van der Waals surface area contributed by atoms with Crippen molar-refractivity contribution >= 4 is 5.91 Å². The van der Waals surface area contributed by atoms with Gasteiger partial charge in [-0.15, -0.1) is 0 Å². The lowest BCUT2D eigenvalue weighted by Gasteiger charge is -2.28. The van der Waals surface area contributed by atoms with Crippen LogP contribution in [-0.4, -0.2) is 58.0 Å². The van der Waals surface area contributed by atoms with Crippen molar-refractivity contribution < 1.29 is 13.6 Å². The van der Waals surface area contributed by atoms with E-state index in [2.05, 4.69) is 14.9 Å². The molecule has 0 bridgehead atoms. The van der Waals surface area contributed by atoms with Crippen LogP contribution in [-0.2, 0) is 17.8 Å². The highest BCUT2D eigenvalue weighted by Crippen LogP contribution is 2.23. The van der Waals surface area contributed by atoms with Crippen molar-refractivity contribution in [2.24, 2.45) is 0 Å². The Bertz CT molecular complexity index is 650. The second-order valence-electron chi connectivity index (χ2n) is 6.25. The van der Waals surface area contributed by atoms with Crippen LogP contribution in [0.15, 0.2) is 41.7 Å². The van der Waals surface area contributed by atoms with Crippen LogP contribution in [0.2, 0.25) is 0 Å². The minimum atomic E-state index is -0.864. The molecule has 128 valence electrons. The van der Waals surface area contributed by atoms with E-state index >= 15 is 0 Å². The normalized spacial score (nSPS) is 21.1. The zero-order valence-electron chi connectivity index (χ0n) is 13.6. The zero-order valence-corrected chi connectivity index (χ0v) is 13.6. The molecule has 0 aliphatic carbocycles. The van der Waals surface area contributed by atoms with E-state index in [0.29, 0.717) is 32.5 Å². The summed E-state index contributed by atoms with van der Waals surface area (Å²) in [6.45, 7) is 1.48. The van der Waals surface area contributed by atoms with E-state index in [1.807, 2.05) is 0 Å². The number of hydrogen-bond acceptors (Lipinski definition) is 5. The number of amides is 1. The number of alkyl halides is 1. The Labute approximate surface area is 140 Å². The summed E-state index contributed by atoms with van der Waals surface area (Å²) in [6.07, 6.45) is 7.95. The standard InChI is InChI=1S/C17H21FN4O2/c1-21(17(23)4-13-2-3-24-11-13)10-16-5-15(18)9-22(16)8-14-6-19-12-20-7-14/h2-3,6-7,11-12,15-16H,4-5,8-10H2,1H3/t15-,16-/m0/s1. The van der Waals surface area contributed by atoms with Gasteiger partial charge < -0.3 is 9.32 Å². The summed E-state index contributed by atoms with van der Waals surface area (Å²) in [5, 5.41) is 0. The molecule has 2 aromatic rings. The smallest absolute Gasteiger partial charge is 0.226 e. The summed E-state index contributed by atoms with van der Waals surface area (Å²) in [4.78, 5) is 24.0. The fourth-order valence-corrected chi connectivity index (χ4v) is 3.07. The Balaban J connectivity index is 1.58. The average molecular weight is 332 g/mol. The zero-order chi connectivity index (χ0) is 16.9. The Kier molecular flexibility index (Phi) is 5.20. The summed E-state index contributed by atoms with van der Waals surface area (Å²) in [5.41, 5.74) is 1.80. The van der Waals surface area contributed by atoms with Crippen molar-refractivity contribution in [3.8, 4) is 0 Å². The monoisotopic (exact) mass is 332 g/mol. The fourth-order valence-electron chi connectivity index (χ4n) is 3.07. The highest BCUT2D eigenvalue weighted by molar-refractivity contribution is 5.78. The van der Waals surface area contributed by atoms with Crippen LogP contribution in [0.4, 0.5) is 4.39 Å². The van der Waals surface area contributed by atoms with Crippen LogP contribution in [0.5, 0.6) is 0 Å². The number of halogens is 1. The van der Waals surface area contributed by atoms with Crippen molar-refractivity contribution in [3.63, 3.8) is 0 Å². The summed E-state index contributed by atoms with van der Waals surface area (Å²) >= 11 is 0. The maximum absolute atomic E-state index is 13.9. The second kappa shape index (κ2) is 7.53. The number of carbonyl (C=O) groups excluding carboxylic acids is 1. The number of carbonyl (C=O) groups is 1. The van der Waals surface area contributed by atoms with Crippen molar-refractivity contribution in [1.82, 2.24) is 19.8 Å². The second-order valence-corrected chi connectivity index (χ2v) is 6.25. The van der Waals surface area contributed by atoms with Gasteiger partial charge in [0.1, 0.15) is 12.5 Å². The van der Waals surface area contributed by atoms with Crippen LogP contribution in [0.1, 0.15) is 17.5 Å². The Morgan fingerprint density at radius 1 is 1.42 bits per heavy atom. The number of likely N-dealkylation sites (N-methyl/N-ethyl adjacent to an activating group) is 1. The third kappa shape index (κ3) is 4.17. The molecule has 6 nitrogen and oxygen atoms in total. The van der Waals surface area contributed by atoms with Gasteiger partial charge in [-0.2, -0.15) is 0 Å². The molecule has 0 unspecified atom stereocenters. The van der Waals surface area contributed by atoms with Gasteiger partial charge in [-0.25, -0.2) is 14.4 Å². The van der Waals surface area contributed by atoms with Gasteiger partial charge in [0, 0.05) is 50.7 Å². The first-order valence-corrected chi connectivity index (χ1v) is 7.99. The number of hydrogen-bond donors (Lipinski definition) is 0. The topological polar surface area (TPSA) is 62.5 Å². The molecule has 0 saturated carbocycles. The molecule has 2 atom stereocenters. The molecular formula is C17H21FN4O2. The molecule has 1 amide bonds. The summed E-state index contributed by atoms with van der Waals surface area (Å²) in [5.74, 6) is 0.00158. The first kappa shape index (κ1) is 16.6. The maximum atomic E-state index is 13.9. The summed E-state index contributed by atoms with van der Waals surface area (Å²) < 4.78 is 18.9. The minimum Gasteiger partial charge on any atom is -0.472 e. The molecule has 1 fully saturated rings. The lowest BCUT2D eigenvalue weighted by Crippen LogP contribution is -2.41. The van der Waals surface area contributed by atoms with E-state index in [4.69, 9.17) is 4.42 Å². The molecule has 3 rings (SSSR count). The first-order valence-electron chi connectivity index (χ1n) is 7.99. The molecule has 0 N–H and O–H groups in total. The van der Waals surface area contributed by atoms with Gasteiger partial charge in [-0.3, -0.25) is 9.69 Å². The minimum absolute atomic E-state index is 0.00138. The van der Waals surface area contributed by atoms with E-state index in [0.717, 1.165) is 11.1 Å². The SMILES string of the molecule is CN(C[C@@H]1C[C@H](F)CN1Cc1cncnc1)C(=O)Cc1ccoc1. The van der Waals surface area contributed by atoms with Crippen LogP contribution < -0.4 is 0 Å². The van der Waals surface area contributed by atoms with Gasteiger partial charge in [-0.05, 0) is 18.1 Å². The molecule has 1 aliphatic rings. The molecule has 2 aromatic heterocycles. The number of furan rings is 1. The molecule has 3 heterocycles. The summed E-state index contributed by atoms with van der Waals surface area (Å²) in [7, 11) is 1.76. The first-order chi connectivity index (χ1) is 11.6. The third-order valence-electron chi connectivity index (χ3n) is 4.32. The van der Waals surface area contributed by atoms with Gasteiger partial charge in [0.15, 0.2) is 0 Å². The number of aromatic nitrogens is 2. The van der Waals surface area contributed by atoms with Crippen LogP contribution in [0.25, 0.3) is 0 Å². The highest BCUT2D eigenvalue weighted by Gasteiger charge is 2.33. The molecular weight excluding hydrogens is 311 g/mol. The van der Waals surface area contributed by atoms with E-state index < -0.39 is 6.17 Å². The number of nitrogens with zero attached hydrogens (tertiary/aromatic N) is 4. The quantitative estimate of drug-likeness (QED) is 0.805. The van der Waals surface area contributed by atoms with Crippen molar-refractivity contribution in [2.75, 3.05) is 20.1 Å². The van der Waals surface area contributed by atoms with E-state index in [-0.39, 0.29) is 11.9 Å². The van der Waals surface area contributed by atoms with Crippen molar-refractivity contribution in [3.05, 3.63) is 48.4 Å². The molecule has 7 heteroatoms. The van der Waals surface area contributed by atoms with Gasteiger partial charge in [-0.1, -0.05) is 0 Å². The molecule has 24 heavy (non-hydrogen) atoms. The predicted molar refractivity (Wildman–Crippen MR) is 85.8 cm³/mol. The van der Waals surface area contributed by atoms with Gasteiger partial charge in [0.05, 0.1) is 18.9 Å². The van der Waals surface area contributed by atoms with Crippen LogP contribution in [0, 0.1) is 0 Å². The molecule has 0 radical (unpaired) electrons. The Morgan fingerprint density at radius 2 is 2.21 bits per heavy atom. The highest BCUT2D eigenvalue weighted by atomic mass is 19.1. The molecule has 0 aromatic carbocycles. The Hall–Kier alpha value is -2.28. The largest absolute Gasteiger partial charge is 0.472 e. The van der Waals surface area contributed by atoms with Gasteiger partial charge in [0.2, 0.25) is 5.91 Å². The van der Waals surface area contributed by atoms with E-state index in [1.54, 1.807) is 42.9 Å². The van der Waals surface area contributed by atoms with Crippen LogP contribution >= 0.6 is 0 Å². The van der Waals surface area contributed by atoms with Gasteiger partial charge >= 0.3 is 0 Å². The van der Waals surface area contributed by atoms with Crippen molar-refractivity contribution in [2.45, 2.75) is 31.6 Å². The van der Waals surface area contributed by atoms with Gasteiger partial charge in [0.25, 0.3) is 0 Å². The lowest BCUT2D eigenvalue weighted by molar-refractivity contribution is -0.129. The predicted octanol–water partition coefficient (Wildman–Crippen LogP) is 1.68. The third-order valence-corrected chi connectivity index (χ3v) is 4.32. The molecule has 1 saturated heterocycles. The number of likely N-dealkylation sites (tertiary alicyclic amines) is 1. The molecule has 0 spiro atoms. The van der Waals surface area contributed by atoms with E-state index in [9.17, 15) is 9.18 Å². The number of rotatable bonds is 6.